The number of fused-ring (bicyclic) bond motifs is 9. The highest BCUT2D eigenvalue weighted by atomic mass is 15.1. The molecule has 0 amide bonds. The molecule has 2 heteroatoms. The van der Waals surface area contributed by atoms with E-state index < -0.39 is 0 Å². The molecule has 0 N–H and O–H groups in total. The Labute approximate surface area is 458 Å². The Morgan fingerprint density at radius 1 is 0.244 bits per heavy atom. The van der Waals surface area contributed by atoms with Crippen molar-refractivity contribution >= 4 is 44.9 Å². The molecule has 0 saturated heterocycles. The Hall–Kier alpha value is -9.50. The molecule has 0 unspecified atom stereocenters. The lowest BCUT2D eigenvalue weighted by Gasteiger charge is -2.32. The third-order valence-corrected chi connectivity index (χ3v) is 16.8. The van der Waals surface area contributed by atoms with Gasteiger partial charge in [-0.15, -0.1) is 0 Å². The van der Waals surface area contributed by atoms with E-state index in [1.165, 1.54) is 105 Å². The van der Waals surface area contributed by atoms with Crippen molar-refractivity contribution < 1.29 is 0 Å². The molecule has 0 spiro atoms. The molecule has 2 aliphatic rings. The second-order valence-electron chi connectivity index (χ2n) is 22.1. The molecular formula is C76H58N2. The Bertz CT molecular complexity index is 4020. The van der Waals surface area contributed by atoms with Gasteiger partial charge in [-0.3, -0.25) is 0 Å². The van der Waals surface area contributed by atoms with Gasteiger partial charge in [-0.2, -0.15) is 0 Å². The van der Waals surface area contributed by atoms with E-state index in [2.05, 4.69) is 317 Å². The molecule has 0 bridgehead atoms. The lowest BCUT2D eigenvalue weighted by molar-refractivity contribution is 0.601. The zero-order valence-electron chi connectivity index (χ0n) is 44.5. The van der Waals surface area contributed by atoms with E-state index in [0.29, 0.717) is 0 Å². The molecule has 0 atom stereocenters. The summed E-state index contributed by atoms with van der Waals surface area (Å²) in [5.74, 6) is 0. The van der Waals surface area contributed by atoms with Crippen LogP contribution in [0.4, 0.5) is 34.1 Å². The molecule has 0 aromatic heterocycles. The summed E-state index contributed by atoms with van der Waals surface area (Å²) in [7, 11) is 0. The quantitative estimate of drug-likeness (QED) is 0.135. The molecule has 78 heavy (non-hydrogen) atoms. The summed E-state index contributed by atoms with van der Waals surface area (Å²) >= 11 is 0. The summed E-state index contributed by atoms with van der Waals surface area (Å²) in [6.07, 6.45) is 0. The van der Waals surface area contributed by atoms with Gasteiger partial charge in [0.15, 0.2) is 0 Å². The highest BCUT2D eigenvalue weighted by Gasteiger charge is 2.47. The minimum absolute atomic E-state index is 0.309. The first-order valence-corrected chi connectivity index (χ1v) is 27.3. The highest BCUT2D eigenvalue weighted by Crippen LogP contribution is 2.62. The number of hydrogen-bond acceptors (Lipinski definition) is 2. The molecule has 372 valence electrons. The molecule has 0 fully saturated rings. The van der Waals surface area contributed by atoms with Crippen molar-refractivity contribution in [3.05, 3.63) is 301 Å². The van der Waals surface area contributed by atoms with Gasteiger partial charge in [-0.1, -0.05) is 240 Å². The van der Waals surface area contributed by atoms with Gasteiger partial charge in [0.25, 0.3) is 0 Å². The van der Waals surface area contributed by atoms with Crippen LogP contribution < -0.4 is 9.80 Å². The predicted molar refractivity (Wildman–Crippen MR) is 330 cm³/mol. The zero-order chi connectivity index (χ0) is 52.5. The van der Waals surface area contributed by atoms with Gasteiger partial charge in [0.2, 0.25) is 0 Å². The van der Waals surface area contributed by atoms with Crippen LogP contribution in [0.5, 0.6) is 0 Å². The van der Waals surface area contributed by atoms with E-state index in [1.54, 1.807) is 0 Å². The van der Waals surface area contributed by atoms with Crippen LogP contribution in [0.3, 0.4) is 0 Å². The van der Waals surface area contributed by atoms with Gasteiger partial charge in [0.1, 0.15) is 0 Å². The molecule has 0 saturated carbocycles. The number of anilines is 6. The normalized spacial score (nSPS) is 13.3. The third-order valence-electron chi connectivity index (χ3n) is 16.8. The number of rotatable bonds is 10. The van der Waals surface area contributed by atoms with E-state index in [-0.39, 0.29) is 10.8 Å². The van der Waals surface area contributed by atoms with Gasteiger partial charge < -0.3 is 9.80 Å². The predicted octanol–water partition coefficient (Wildman–Crippen LogP) is 21.1. The van der Waals surface area contributed by atoms with Crippen molar-refractivity contribution in [2.45, 2.75) is 38.5 Å². The lowest BCUT2D eigenvalue weighted by Crippen LogP contribution is -2.24. The second-order valence-corrected chi connectivity index (χ2v) is 22.1. The summed E-state index contributed by atoms with van der Waals surface area (Å²) < 4.78 is 0. The molecule has 14 rings (SSSR count). The molecule has 0 radical (unpaired) electrons. The van der Waals surface area contributed by atoms with Gasteiger partial charge in [-0.25, -0.2) is 0 Å². The topological polar surface area (TPSA) is 6.48 Å². The number of hydrogen-bond donors (Lipinski definition) is 0. The Morgan fingerprint density at radius 2 is 0.564 bits per heavy atom. The second kappa shape index (κ2) is 18.7. The maximum atomic E-state index is 2.53. The largest absolute Gasteiger partial charge is 0.310 e. The van der Waals surface area contributed by atoms with Crippen molar-refractivity contribution in [1.82, 2.24) is 0 Å². The molecular weight excluding hydrogens is 941 g/mol. The van der Waals surface area contributed by atoms with Crippen molar-refractivity contribution in [2.24, 2.45) is 0 Å². The smallest absolute Gasteiger partial charge is 0.0543 e. The fourth-order valence-electron chi connectivity index (χ4n) is 13.0. The average molecular weight is 999 g/mol. The number of benzene rings is 12. The van der Waals surface area contributed by atoms with Crippen LogP contribution in [-0.2, 0) is 10.8 Å². The minimum atomic E-state index is -0.329. The van der Waals surface area contributed by atoms with Gasteiger partial charge in [-0.05, 0) is 161 Å². The standard InChI is InChI=1S/C76H58N2/c1-75(2)69-49-63(77(59-37-29-55(30-38-59)51-19-9-5-10-20-51)60-39-31-56(32-40-60)52-21-11-6-12-22-52)45-46-64(69)67-47-48-68-72-66-28-18-17-27-65(66)71(50-70(72)76(3,4)74(68)73(67)75)78(61-41-33-57(34-42-61)53-23-13-7-14-24-53)62-43-35-58(36-44-62)54-25-15-8-16-26-54/h5-50H,1-4H3. The molecule has 12 aromatic rings. The Balaban J connectivity index is 0.889. The van der Waals surface area contributed by atoms with Crippen LogP contribution >= 0.6 is 0 Å². The highest BCUT2D eigenvalue weighted by molar-refractivity contribution is 6.11. The summed E-state index contributed by atoms with van der Waals surface area (Å²) in [4.78, 5) is 4.91. The van der Waals surface area contributed by atoms with Gasteiger partial charge >= 0.3 is 0 Å². The summed E-state index contributed by atoms with van der Waals surface area (Å²) in [6.45, 7) is 9.85. The van der Waals surface area contributed by atoms with Gasteiger partial charge in [0, 0.05) is 44.7 Å². The van der Waals surface area contributed by atoms with E-state index in [1.807, 2.05) is 0 Å². The number of nitrogens with zero attached hydrogens (tertiary/aromatic N) is 2. The fraction of sp³-hybridized carbons (Fsp3) is 0.0789. The molecule has 12 aromatic carbocycles. The maximum Gasteiger partial charge on any atom is 0.0543 e. The Kier molecular flexibility index (Phi) is 11.2. The van der Waals surface area contributed by atoms with E-state index in [0.717, 1.165) is 28.4 Å². The summed E-state index contributed by atoms with van der Waals surface area (Å²) in [6, 6.07) is 103. The van der Waals surface area contributed by atoms with Crippen LogP contribution in [0.25, 0.3) is 77.5 Å². The Morgan fingerprint density at radius 3 is 1.00 bits per heavy atom. The first kappa shape index (κ1) is 47.0. The van der Waals surface area contributed by atoms with E-state index in [4.69, 9.17) is 0 Å². The van der Waals surface area contributed by atoms with Crippen LogP contribution in [-0.4, -0.2) is 0 Å². The van der Waals surface area contributed by atoms with Crippen LogP contribution in [0.1, 0.15) is 49.9 Å². The van der Waals surface area contributed by atoms with Crippen molar-refractivity contribution in [3.8, 4) is 66.8 Å². The molecule has 2 nitrogen and oxygen atoms in total. The van der Waals surface area contributed by atoms with Crippen molar-refractivity contribution in [1.29, 1.82) is 0 Å². The van der Waals surface area contributed by atoms with E-state index in [9.17, 15) is 0 Å². The fourth-order valence-corrected chi connectivity index (χ4v) is 13.0. The molecule has 0 heterocycles. The first-order valence-electron chi connectivity index (χ1n) is 27.3. The van der Waals surface area contributed by atoms with E-state index >= 15 is 0 Å². The lowest BCUT2D eigenvalue weighted by atomic mass is 9.72. The summed E-state index contributed by atoms with van der Waals surface area (Å²) in [5, 5.41) is 2.49. The molecule has 0 aliphatic heterocycles. The van der Waals surface area contributed by atoms with Crippen LogP contribution in [0.2, 0.25) is 0 Å². The van der Waals surface area contributed by atoms with Crippen LogP contribution in [0, 0.1) is 0 Å². The monoisotopic (exact) mass is 998 g/mol. The SMILES string of the molecule is CC1(C)c2cc(N(c3ccc(-c4ccccc4)cc3)c3ccc(-c4ccccc4)cc3)ccc2-c2ccc3c(c21)C(C)(C)c1cc(N(c2ccc(-c4ccccc4)cc2)c2ccc(-c4ccccc4)cc2)c2ccccc2c1-3. The van der Waals surface area contributed by atoms with Crippen molar-refractivity contribution in [2.75, 3.05) is 9.80 Å². The third kappa shape index (κ3) is 7.78. The zero-order valence-corrected chi connectivity index (χ0v) is 44.5. The summed E-state index contributed by atoms with van der Waals surface area (Å²) in [5.41, 5.74) is 26.6. The molecule has 2 aliphatic carbocycles. The average Bonchev–Trinajstić information content (AvgIpc) is 4.07. The van der Waals surface area contributed by atoms with Gasteiger partial charge in [0.05, 0.1) is 5.69 Å². The maximum absolute atomic E-state index is 2.53. The minimum Gasteiger partial charge on any atom is -0.310 e. The van der Waals surface area contributed by atoms with Crippen LogP contribution in [0.15, 0.2) is 279 Å². The first-order chi connectivity index (χ1) is 38.2. The van der Waals surface area contributed by atoms with Crippen molar-refractivity contribution in [3.63, 3.8) is 0 Å².